The zero-order valence-electron chi connectivity index (χ0n) is 47.6. The number of esters is 3. The first-order valence-electron chi connectivity index (χ1n) is 30.4. The molecule has 0 fully saturated rings. The van der Waals surface area contributed by atoms with Gasteiger partial charge < -0.3 is 14.2 Å². The number of hydrogen-bond donors (Lipinski definition) is 0. The second-order valence-electron chi connectivity index (χ2n) is 19.9. The third kappa shape index (κ3) is 58.8. The van der Waals surface area contributed by atoms with Crippen LogP contribution in [0.25, 0.3) is 0 Å². The van der Waals surface area contributed by atoms with Crippen molar-refractivity contribution in [2.45, 2.75) is 284 Å². The lowest BCUT2D eigenvalue weighted by Gasteiger charge is -2.18. The lowest BCUT2D eigenvalue weighted by molar-refractivity contribution is -0.166. The Hall–Kier alpha value is -3.93. The third-order valence-electron chi connectivity index (χ3n) is 12.7. The van der Waals surface area contributed by atoms with E-state index in [1.54, 1.807) is 0 Å². The molecule has 0 aromatic rings. The monoisotopic (exact) mass is 1010 g/mol. The van der Waals surface area contributed by atoms with Crippen molar-refractivity contribution >= 4 is 17.9 Å². The van der Waals surface area contributed by atoms with Crippen LogP contribution < -0.4 is 0 Å². The molecule has 0 bridgehead atoms. The van der Waals surface area contributed by atoms with Crippen molar-refractivity contribution < 1.29 is 28.6 Å². The van der Waals surface area contributed by atoms with Crippen LogP contribution in [-0.2, 0) is 28.6 Å². The summed E-state index contributed by atoms with van der Waals surface area (Å²) in [6.07, 6.45) is 82.6. The number of unbranched alkanes of at least 4 members (excludes halogenated alkanes) is 25. The van der Waals surface area contributed by atoms with E-state index in [1.165, 1.54) is 122 Å². The van der Waals surface area contributed by atoms with E-state index in [2.05, 4.69) is 118 Å². The molecule has 73 heavy (non-hydrogen) atoms. The summed E-state index contributed by atoms with van der Waals surface area (Å²) in [5, 5.41) is 0. The average molecular weight is 1010 g/mol. The first-order valence-corrected chi connectivity index (χ1v) is 30.4. The fraction of sp³-hybridized carbons (Fsp3) is 0.687. The van der Waals surface area contributed by atoms with Gasteiger partial charge in [-0.25, -0.2) is 0 Å². The molecule has 416 valence electrons. The van der Waals surface area contributed by atoms with Crippen LogP contribution in [0.1, 0.15) is 278 Å². The Bertz CT molecular complexity index is 1490. The molecular formula is C67H112O6. The van der Waals surface area contributed by atoms with Gasteiger partial charge in [-0.2, -0.15) is 0 Å². The van der Waals surface area contributed by atoms with Crippen LogP contribution >= 0.6 is 0 Å². The minimum atomic E-state index is -0.823. The van der Waals surface area contributed by atoms with Crippen LogP contribution in [-0.4, -0.2) is 37.2 Å². The number of carbonyl (C=O) groups is 3. The quantitative estimate of drug-likeness (QED) is 0.0261. The molecule has 0 aliphatic heterocycles. The highest BCUT2D eigenvalue weighted by atomic mass is 16.6. The van der Waals surface area contributed by atoms with Gasteiger partial charge in [-0.1, -0.05) is 259 Å². The van der Waals surface area contributed by atoms with Gasteiger partial charge in [0.25, 0.3) is 0 Å². The van der Waals surface area contributed by atoms with Crippen molar-refractivity contribution in [3.63, 3.8) is 0 Å². The third-order valence-corrected chi connectivity index (χ3v) is 12.7. The highest BCUT2D eigenvalue weighted by molar-refractivity contribution is 5.71. The predicted molar refractivity (Wildman–Crippen MR) is 316 cm³/mol. The van der Waals surface area contributed by atoms with Gasteiger partial charge in [-0.3, -0.25) is 14.4 Å². The molecule has 6 nitrogen and oxygen atoms in total. The fourth-order valence-corrected chi connectivity index (χ4v) is 8.21. The van der Waals surface area contributed by atoms with Crippen LogP contribution in [0.5, 0.6) is 0 Å². The summed E-state index contributed by atoms with van der Waals surface area (Å²) < 4.78 is 16.8. The Kier molecular flexibility index (Phi) is 57.4. The maximum atomic E-state index is 12.8. The first-order chi connectivity index (χ1) is 36.0. The van der Waals surface area contributed by atoms with Crippen molar-refractivity contribution in [3.05, 3.63) is 109 Å². The maximum absolute atomic E-state index is 12.8. The van der Waals surface area contributed by atoms with Crippen molar-refractivity contribution in [3.8, 4) is 0 Å². The van der Waals surface area contributed by atoms with Gasteiger partial charge >= 0.3 is 17.9 Å². The number of rotatable bonds is 54. The maximum Gasteiger partial charge on any atom is 0.306 e. The SMILES string of the molecule is CC/C=C\C/C=C\C/C=C\C/C=C\CCC(=O)OC(COC(=O)CCCCCCC/C=C\C/C=C\CCC)COC(=O)CCCCCCCCCCCCCCCC/C=C\C/C=C\C/C=C\CCCCCCC. The topological polar surface area (TPSA) is 78.9 Å². The molecule has 1 atom stereocenters. The molecule has 6 heteroatoms. The minimum absolute atomic E-state index is 0.112. The van der Waals surface area contributed by atoms with Crippen LogP contribution in [0, 0.1) is 0 Å². The van der Waals surface area contributed by atoms with Crippen LogP contribution in [0.4, 0.5) is 0 Å². The molecule has 0 heterocycles. The van der Waals surface area contributed by atoms with E-state index in [-0.39, 0.29) is 31.6 Å². The van der Waals surface area contributed by atoms with E-state index in [9.17, 15) is 14.4 Å². The second kappa shape index (κ2) is 60.6. The largest absolute Gasteiger partial charge is 0.462 e. The van der Waals surface area contributed by atoms with Gasteiger partial charge in [0.15, 0.2) is 6.10 Å². The Morgan fingerprint density at radius 3 is 0.945 bits per heavy atom. The van der Waals surface area contributed by atoms with E-state index >= 15 is 0 Å². The molecule has 0 radical (unpaired) electrons. The van der Waals surface area contributed by atoms with Crippen molar-refractivity contribution in [1.82, 2.24) is 0 Å². The lowest BCUT2D eigenvalue weighted by atomic mass is 10.0. The molecule has 0 amide bonds. The molecule has 0 rings (SSSR count). The molecular weight excluding hydrogens is 901 g/mol. The molecule has 0 saturated carbocycles. The highest BCUT2D eigenvalue weighted by Crippen LogP contribution is 2.15. The number of carbonyl (C=O) groups excluding carboxylic acids is 3. The zero-order valence-corrected chi connectivity index (χ0v) is 47.6. The standard InChI is InChI=1S/C67H112O6/c1-4-7-10-13-16-19-22-25-26-27-28-29-30-31-32-33-34-35-36-37-38-39-40-43-45-48-51-54-57-60-66(69)72-63-64(73-67(70)61-58-55-52-49-46-42-24-21-18-15-12-9-6-3)62-71-65(68)59-56-53-50-47-44-41-23-20-17-14-11-8-5-2/h9,11-12,14,18,20-23,25,27-28,30-31,42,46,52,55,64H,4-8,10,13,15-17,19,24,26,29,32-41,43-45,47-51,53-54,56-63H2,1-3H3/b12-9-,14-11-,21-18-,23-20-,25-22-,28-27-,31-30-,46-42-,55-52-. The summed E-state index contributed by atoms with van der Waals surface area (Å²) in [4.78, 5) is 38.1. The Morgan fingerprint density at radius 2 is 0.589 bits per heavy atom. The fourth-order valence-electron chi connectivity index (χ4n) is 8.21. The van der Waals surface area contributed by atoms with Crippen LogP contribution in [0.2, 0.25) is 0 Å². The smallest absolute Gasteiger partial charge is 0.306 e. The van der Waals surface area contributed by atoms with Gasteiger partial charge in [0, 0.05) is 19.3 Å². The van der Waals surface area contributed by atoms with Gasteiger partial charge in [-0.05, 0) is 109 Å². The summed E-state index contributed by atoms with van der Waals surface area (Å²) >= 11 is 0. The van der Waals surface area contributed by atoms with E-state index in [0.29, 0.717) is 19.3 Å². The molecule has 1 unspecified atom stereocenters. The van der Waals surface area contributed by atoms with E-state index in [1.807, 2.05) is 12.2 Å². The molecule has 0 N–H and O–H groups in total. The summed E-state index contributed by atoms with van der Waals surface area (Å²) in [7, 11) is 0. The summed E-state index contributed by atoms with van der Waals surface area (Å²) in [5.74, 6) is -1.01. The van der Waals surface area contributed by atoms with E-state index < -0.39 is 12.1 Å². The Balaban J connectivity index is 4.25. The van der Waals surface area contributed by atoms with Crippen LogP contribution in [0.15, 0.2) is 109 Å². The predicted octanol–water partition coefficient (Wildman–Crippen LogP) is 20.7. The lowest BCUT2D eigenvalue weighted by Crippen LogP contribution is -2.30. The van der Waals surface area contributed by atoms with Gasteiger partial charge in [0.05, 0.1) is 0 Å². The summed E-state index contributed by atoms with van der Waals surface area (Å²) in [6.45, 7) is 6.38. The Morgan fingerprint density at radius 1 is 0.288 bits per heavy atom. The first kappa shape index (κ1) is 69.1. The molecule has 0 aromatic carbocycles. The summed E-state index contributed by atoms with van der Waals surface area (Å²) in [5.41, 5.74) is 0. The number of allylic oxidation sites excluding steroid dienone is 18. The molecule has 0 aliphatic rings. The van der Waals surface area contributed by atoms with Gasteiger partial charge in [-0.15, -0.1) is 0 Å². The second-order valence-corrected chi connectivity index (χ2v) is 19.9. The number of ether oxygens (including phenoxy) is 3. The van der Waals surface area contributed by atoms with E-state index in [0.717, 1.165) is 109 Å². The van der Waals surface area contributed by atoms with Gasteiger partial charge in [0.1, 0.15) is 13.2 Å². The zero-order chi connectivity index (χ0) is 52.9. The molecule has 0 saturated heterocycles. The van der Waals surface area contributed by atoms with Crippen molar-refractivity contribution in [2.24, 2.45) is 0 Å². The molecule has 0 aliphatic carbocycles. The molecule has 0 aromatic heterocycles. The van der Waals surface area contributed by atoms with Crippen molar-refractivity contribution in [1.29, 1.82) is 0 Å². The van der Waals surface area contributed by atoms with Crippen LogP contribution in [0.3, 0.4) is 0 Å². The minimum Gasteiger partial charge on any atom is -0.462 e. The Labute approximate surface area is 450 Å². The average Bonchev–Trinajstić information content (AvgIpc) is 3.39. The summed E-state index contributed by atoms with van der Waals surface area (Å²) in [6, 6.07) is 0. The van der Waals surface area contributed by atoms with Gasteiger partial charge in [0.2, 0.25) is 0 Å². The number of hydrogen-bond acceptors (Lipinski definition) is 6. The van der Waals surface area contributed by atoms with E-state index in [4.69, 9.17) is 14.2 Å². The highest BCUT2D eigenvalue weighted by Gasteiger charge is 2.19. The van der Waals surface area contributed by atoms with Crippen molar-refractivity contribution in [2.75, 3.05) is 13.2 Å². The normalized spacial score (nSPS) is 12.9. The molecule has 0 spiro atoms.